The molecule has 2 heterocycles. The van der Waals surface area contributed by atoms with E-state index in [0.29, 0.717) is 26.2 Å². The molecule has 0 radical (unpaired) electrons. The number of piperazine rings is 1. The predicted molar refractivity (Wildman–Crippen MR) is 90.3 cm³/mol. The van der Waals surface area contributed by atoms with E-state index in [2.05, 4.69) is 10.00 Å². The summed E-state index contributed by atoms with van der Waals surface area (Å²) in [5.41, 5.74) is 0.967. The van der Waals surface area contributed by atoms with Gasteiger partial charge in [0.15, 0.2) is 0 Å². The highest BCUT2D eigenvalue weighted by atomic mass is 32.2. The van der Waals surface area contributed by atoms with E-state index in [0.717, 1.165) is 12.1 Å². The van der Waals surface area contributed by atoms with Gasteiger partial charge in [0.05, 0.1) is 16.0 Å². The lowest BCUT2D eigenvalue weighted by Crippen LogP contribution is -2.48. The van der Waals surface area contributed by atoms with Gasteiger partial charge in [0.1, 0.15) is 0 Å². The van der Waals surface area contributed by atoms with Crippen molar-refractivity contribution in [1.82, 2.24) is 19.0 Å². The first-order valence-corrected chi connectivity index (χ1v) is 9.25. The number of nitro benzene ring substituents is 1. The number of nitrogens with zero attached hydrogens (tertiary/aromatic N) is 5. The van der Waals surface area contributed by atoms with E-state index in [1.54, 1.807) is 10.9 Å². The molecule has 0 atom stereocenters. The van der Waals surface area contributed by atoms with Crippen LogP contribution in [-0.2, 0) is 23.6 Å². The van der Waals surface area contributed by atoms with Crippen molar-refractivity contribution in [3.05, 3.63) is 52.3 Å². The summed E-state index contributed by atoms with van der Waals surface area (Å²) in [6, 6.07) is 5.00. The lowest BCUT2D eigenvalue weighted by molar-refractivity contribution is -0.384. The van der Waals surface area contributed by atoms with Gasteiger partial charge in [-0.1, -0.05) is 0 Å². The first-order valence-electron chi connectivity index (χ1n) is 7.81. The Labute approximate surface area is 145 Å². The summed E-state index contributed by atoms with van der Waals surface area (Å²) in [4.78, 5) is 12.4. The number of sulfonamides is 1. The van der Waals surface area contributed by atoms with Crippen LogP contribution < -0.4 is 0 Å². The van der Waals surface area contributed by atoms with Gasteiger partial charge in [-0.3, -0.25) is 19.7 Å². The van der Waals surface area contributed by atoms with Gasteiger partial charge in [0.25, 0.3) is 5.69 Å². The lowest BCUT2D eigenvalue weighted by Gasteiger charge is -2.33. The van der Waals surface area contributed by atoms with Crippen LogP contribution in [0.1, 0.15) is 5.56 Å². The van der Waals surface area contributed by atoms with E-state index in [1.807, 2.05) is 13.2 Å². The molecule has 0 aliphatic carbocycles. The van der Waals surface area contributed by atoms with Crippen molar-refractivity contribution in [3.63, 3.8) is 0 Å². The third kappa shape index (κ3) is 3.86. The lowest BCUT2D eigenvalue weighted by atomic mass is 10.3. The minimum Gasteiger partial charge on any atom is -0.296 e. The van der Waals surface area contributed by atoms with Crippen LogP contribution in [0.2, 0.25) is 0 Å². The topological polar surface area (TPSA) is 102 Å². The van der Waals surface area contributed by atoms with E-state index >= 15 is 0 Å². The highest BCUT2D eigenvalue weighted by Crippen LogP contribution is 2.21. The summed E-state index contributed by atoms with van der Waals surface area (Å²) in [6.45, 7) is 2.76. The van der Waals surface area contributed by atoms with E-state index in [4.69, 9.17) is 0 Å². The minimum absolute atomic E-state index is 0.0822. The Bertz CT molecular complexity index is 854. The smallest absolute Gasteiger partial charge is 0.269 e. The summed E-state index contributed by atoms with van der Waals surface area (Å²) in [5, 5.41) is 14.8. The Kier molecular flexibility index (Phi) is 4.84. The molecule has 1 fully saturated rings. The average molecular weight is 365 g/mol. The molecular weight excluding hydrogens is 346 g/mol. The van der Waals surface area contributed by atoms with Crippen LogP contribution >= 0.6 is 0 Å². The van der Waals surface area contributed by atoms with Crippen molar-refractivity contribution < 1.29 is 13.3 Å². The van der Waals surface area contributed by atoms with Crippen LogP contribution in [0.5, 0.6) is 0 Å². The van der Waals surface area contributed by atoms with Gasteiger partial charge in [-0.2, -0.15) is 9.40 Å². The molecule has 0 amide bonds. The molecule has 0 saturated carbocycles. The second kappa shape index (κ2) is 6.90. The Morgan fingerprint density at radius 3 is 2.32 bits per heavy atom. The number of benzene rings is 1. The summed E-state index contributed by atoms with van der Waals surface area (Å²) in [5.74, 6) is 0. The largest absolute Gasteiger partial charge is 0.296 e. The first-order chi connectivity index (χ1) is 11.9. The van der Waals surface area contributed by atoms with Crippen molar-refractivity contribution in [2.24, 2.45) is 7.05 Å². The van der Waals surface area contributed by atoms with Crippen molar-refractivity contribution in [2.75, 3.05) is 26.2 Å². The molecule has 3 rings (SSSR count). The zero-order chi connectivity index (χ0) is 18.0. The molecular formula is C15H19N5O4S. The molecule has 134 valence electrons. The molecule has 1 aromatic carbocycles. The number of aromatic nitrogens is 2. The molecule has 10 heteroatoms. The second-order valence-electron chi connectivity index (χ2n) is 5.95. The molecule has 0 N–H and O–H groups in total. The normalized spacial score (nSPS) is 16.8. The molecule has 9 nitrogen and oxygen atoms in total. The molecule has 1 aromatic heterocycles. The number of rotatable bonds is 5. The van der Waals surface area contributed by atoms with Gasteiger partial charge in [-0.05, 0) is 12.1 Å². The number of aryl methyl sites for hydroxylation is 1. The van der Waals surface area contributed by atoms with Gasteiger partial charge >= 0.3 is 0 Å². The van der Waals surface area contributed by atoms with Crippen LogP contribution in [0, 0.1) is 10.1 Å². The van der Waals surface area contributed by atoms with Crippen LogP contribution in [0.3, 0.4) is 0 Å². The van der Waals surface area contributed by atoms with Crippen LogP contribution in [0.4, 0.5) is 5.69 Å². The van der Waals surface area contributed by atoms with Crippen LogP contribution in [0.15, 0.2) is 41.6 Å². The Hall–Kier alpha value is -2.30. The third-order valence-corrected chi connectivity index (χ3v) is 6.09. The van der Waals surface area contributed by atoms with Gasteiger partial charge in [-0.15, -0.1) is 0 Å². The molecule has 0 spiro atoms. The van der Waals surface area contributed by atoms with Gasteiger partial charge in [0, 0.05) is 63.7 Å². The van der Waals surface area contributed by atoms with Gasteiger partial charge in [0.2, 0.25) is 10.0 Å². The van der Waals surface area contributed by atoms with Crippen molar-refractivity contribution >= 4 is 15.7 Å². The maximum absolute atomic E-state index is 12.7. The SMILES string of the molecule is Cn1cc(CN2CCN(S(=O)(=O)c3ccc([N+](=O)[O-])cc3)CC2)cn1. The molecule has 2 aromatic rings. The maximum atomic E-state index is 12.7. The number of hydrogen-bond donors (Lipinski definition) is 0. The Balaban J connectivity index is 1.63. The molecule has 0 unspecified atom stereocenters. The highest BCUT2D eigenvalue weighted by molar-refractivity contribution is 7.89. The zero-order valence-corrected chi connectivity index (χ0v) is 14.6. The average Bonchev–Trinajstić information content (AvgIpc) is 3.00. The Morgan fingerprint density at radius 2 is 1.80 bits per heavy atom. The third-order valence-electron chi connectivity index (χ3n) is 4.18. The Morgan fingerprint density at radius 1 is 1.16 bits per heavy atom. The van der Waals surface area contributed by atoms with Gasteiger partial charge < -0.3 is 0 Å². The number of non-ortho nitro benzene ring substituents is 1. The molecule has 0 bridgehead atoms. The summed E-state index contributed by atoms with van der Waals surface area (Å²) in [6.07, 6.45) is 3.75. The summed E-state index contributed by atoms with van der Waals surface area (Å²) in [7, 11) is -1.77. The summed E-state index contributed by atoms with van der Waals surface area (Å²) >= 11 is 0. The van der Waals surface area contributed by atoms with Crippen molar-refractivity contribution in [1.29, 1.82) is 0 Å². The molecule has 1 aliphatic rings. The van der Waals surface area contributed by atoms with Crippen LogP contribution in [0.25, 0.3) is 0 Å². The van der Waals surface area contributed by atoms with E-state index in [9.17, 15) is 18.5 Å². The predicted octanol–water partition coefficient (Wildman–Crippen LogP) is 0.835. The number of nitro groups is 1. The molecule has 1 saturated heterocycles. The minimum atomic E-state index is -3.63. The zero-order valence-electron chi connectivity index (χ0n) is 13.8. The molecule has 1 aliphatic heterocycles. The van der Waals surface area contributed by atoms with Crippen LogP contribution in [-0.4, -0.2) is 58.5 Å². The van der Waals surface area contributed by atoms with Gasteiger partial charge in [-0.25, -0.2) is 8.42 Å². The highest BCUT2D eigenvalue weighted by Gasteiger charge is 2.28. The summed E-state index contributed by atoms with van der Waals surface area (Å²) < 4.78 is 28.5. The quantitative estimate of drug-likeness (QED) is 0.575. The maximum Gasteiger partial charge on any atom is 0.269 e. The fourth-order valence-electron chi connectivity index (χ4n) is 2.83. The monoisotopic (exact) mass is 365 g/mol. The molecule has 25 heavy (non-hydrogen) atoms. The fraction of sp³-hybridized carbons (Fsp3) is 0.400. The first kappa shape index (κ1) is 17.5. The van der Waals surface area contributed by atoms with E-state index < -0.39 is 14.9 Å². The standard InChI is InChI=1S/C15H19N5O4S/c1-17-11-13(10-16-17)12-18-6-8-19(9-7-18)25(23,24)15-4-2-14(3-5-15)20(21)22/h2-5,10-11H,6-9,12H2,1H3. The number of hydrogen-bond acceptors (Lipinski definition) is 6. The van der Waals surface area contributed by atoms with E-state index in [1.165, 1.54) is 28.6 Å². The second-order valence-corrected chi connectivity index (χ2v) is 7.89. The van der Waals surface area contributed by atoms with Crippen molar-refractivity contribution in [2.45, 2.75) is 11.4 Å². The van der Waals surface area contributed by atoms with E-state index in [-0.39, 0.29) is 10.6 Å². The fourth-order valence-corrected chi connectivity index (χ4v) is 4.25. The van der Waals surface area contributed by atoms with Crippen molar-refractivity contribution in [3.8, 4) is 0 Å².